The molecular weight excluding hydrogens is 144 g/mol. The topological polar surface area (TPSA) is 20.2 Å². The summed E-state index contributed by atoms with van der Waals surface area (Å²) in [6.07, 6.45) is 3.39. The van der Waals surface area contributed by atoms with Crippen LogP contribution in [0.5, 0.6) is 5.75 Å². The first-order valence-corrected chi connectivity index (χ1v) is 4.48. The number of hydrogen-bond acceptors (Lipinski definition) is 2. The van der Waals surface area contributed by atoms with E-state index in [9.17, 15) is 5.11 Å². The van der Waals surface area contributed by atoms with Crippen LogP contribution in [0.4, 0.5) is 0 Å². The van der Waals surface area contributed by atoms with Crippen LogP contribution in [0.2, 0.25) is 0 Å². The van der Waals surface area contributed by atoms with Crippen molar-refractivity contribution in [1.29, 1.82) is 0 Å². The molecule has 0 unspecified atom stereocenters. The van der Waals surface area contributed by atoms with Crippen LogP contribution in [0.3, 0.4) is 0 Å². The largest absolute Gasteiger partial charge is 0.507 e. The zero-order valence-corrected chi connectivity index (χ0v) is 6.95. The highest BCUT2D eigenvalue weighted by molar-refractivity contribution is 7.10. The number of unbranched alkanes of at least 4 members (excludes halogenated alkanes) is 1. The van der Waals surface area contributed by atoms with E-state index in [2.05, 4.69) is 6.92 Å². The maximum atomic E-state index is 9.19. The molecule has 1 aromatic rings. The van der Waals surface area contributed by atoms with Gasteiger partial charge in [-0.15, -0.1) is 11.3 Å². The van der Waals surface area contributed by atoms with Crippen LogP contribution in [0.15, 0.2) is 11.4 Å². The maximum absolute atomic E-state index is 9.19. The lowest BCUT2D eigenvalue weighted by Gasteiger charge is -1.94. The van der Waals surface area contributed by atoms with E-state index in [1.807, 2.05) is 5.38 Å². The standard InChI is InChI=1S/C8H12OS/c1-2-3-4-8-7(9)5-6-10-8/h5-6,9H,2-4H2,1H3. The van der Waals surface area contributed by atoms with Gasteiger partial charge in [-0.25, -0.2) is 0 Å². The second-order valence-electron chi connectivity index (χ2n) is 2.33. The zero-order valence-electron chi connectivity index (χ0n) is 6.13. The van der Waals surface area contributed by atoms with Crippen molar-refractivity contribution < 1.29 is 5.11 Å². The molecule has 0 bridgehead atoms. The fraction of sp³-hybridized carbons (Fsp3) is 0.500. The van der Waals surface area contributed by atoms with Crippen molar-refractivity contribution in [3.8, 4) is 5.75 Å². The molecule has 0 atom stereocenters. The van der Waals surface area contributed by atoms with Crippen molar-refractivity contribution >= 4 is 11.3 Å². The van der Waals surface area contributed by atoms with Crippen LogP contribution in [0, 0.1) is 0 Å². The molecule has 0 amide bonds. The molecule has 0 fully saturated rings. The Morgan fingerprint density at radius 1 is 1.60 bits per heavy atom. The van der Waals surface area contributed by atoms with Gasteiger partial charge in [0.05, 0.1) is 0 Å². The number of thiophene rings is 1. The Hall–Kier alpha value is -0.500. The molecule has 0 saturated carbocycles. The molecule has 0 radical (unpaired) electrons. The number of rotatable bonds is 3. The first kappa shape index (κ1) is 7.61. The summed E-state index contributed by atoms with van der Waals surface area (Å²) in [5.41, 5.74) is 0. The molecule has 0 saturated heterocycles. The average molecular weight is 156 g/mol. The molecule has 1 heterocycles. The summed E-state index contributed by atoms with van der Waals surface area (Å²) in [6.45, 7) is 2.16. The van der Waals surface area contributed by atoms with Crippen molar-refractivity contribution in [3.05, 3.63) is 16.3 Å². The minimum atomic E-state index is 0.471. The lowest BCUT2D eigenvalue weighted by molar-refractivity contribution is 0.471. The third-order valence-corrected chi connectivity index (χ3v) is 2.45. The molecular formula is C8H12OS. The third-order valence-electron chi connectivity index (χ3n) is 1.48. The van der Waals surface area contributed by atoms with Crippen LogP contribution in [-0.4, -0.2) is 5.11 Å². The lowest BCUT2D eigenvalue weighted by atomic mass is 10.2. The van der Waals surface area contributed by atoms with Gasteiger partial charge in [0.2, 0.25) is 0 Å². The van der Waals surface area contributed by atoms with Gasteiger partial charge in [-0.05, 0) is 24.3 Å². The SMILES string of the molecule is CCCCc1sccc1O. The minimum Gasteiger partial charge on any atom is -0.507 e. The van der Waals surface area contributed by atoms with Crippen LogP contribution < -0.4 is 0 Å². The molecule has 56 valence electrons. The number of hydrogen-bond donors (Lipinski definition) is 1. The highest BCUT2D eigenvalue weighted by Gasteiger charge is 1.99. The average Bonchev–Trinajstić information content (AvgIpc) is 2.31. The van der Waals surface area contributed by atoms with Crippen LogP contribution in [0.1, 0.15) is 24.6 Å². The van der Waals surface area contributed by atoms with Gasteiger partial charge in [-0.1, -0.05) is 13.3 Å². The van der Waals surface area contributed by atoms with E-state index in [0.717, 1.165) is 11.3 Å². The van der Waals surface area contributed by atoms with Gasteiger partial charge in [0.25, 0.3) is 0 Å². The molecule has 2 heteroatoms. The van der Waals surface area contributed by atoms with E-state index in [1.165, 1.54) is 12.8 Å². The second kappa shape index (κ2) is 3.62. The second-order valence-corrected chi connectivity index (χ2v) is 3.33. The Kier molecular flexibility index (Phi) is 2.75. The summed E-state index contributed by atoms with van der Waals surface area (Å²) in [7, 11) is 0. The van der Waals surface area contributed by atoms with Crippen molar-refractivity contribution in [2.45, 2.75) is 26.2 Å². The molecule has 1 N–H and O–H groups in total. The Balaban J connectivity index is 2.49. The predicted octanol–water partition coefficient (Wildman–Crippen LogP) is 2.80. The van der Waals surface area contributed by atoms with Crippen molar-refractivity contribution in [3.63, 3.8) is 0 Å². The summed E-state index contributed by atoms with van der Waals surface area (Å²) in [5.74, 6) is 0.471. The smallest absolute Gasteiger partial charge is 0.129 e. The van der Waals surface area contributed by atoms with Gasteiger partial charge in [-0.2, -0.15) is 0 Å². The van der Waals surface area contributed by atoms with Crippen LogP contribution >= 0.6 is 11.3 Å². The normalized spacial score (nSPS) is 10.1. The Labute approximate surface area is 65.3 Å². The third kappa shape index (κ3) is 1.74. The minimum absolute atomic E-state index is 0.471. The van der Waals surface area contributed by atoms with Gasteiger partial charge < -0.3 is 5.11 Å². The maximum Gasteiger partial charge on any atom is 0.129 e. The van der Waals surface area contributed by atoms with E-state index < -0.39 is 0 Å². The summed E-state index contributed by atoms with van der Waals surface area (Å²) < 4.78 is 0. The van der Waals surface area contributed by atoms with Crippen molar-refractivity contribution in [1.82, 2.24) is 0 Å². The molecule has 1 rings (SSSR count). The van der Waals surface area contributed by atoms with E-state index in [0.29, 0.717) is 5.75 Å². The Morgan fingerprint density at radius 2 is 2.40 bits per heavy atom. The predicted molar refractivity (Wildman–Crippen MR) is 44.6 cm³/mol. The molecule has 0 aliphatic carbocycles. The first-order valence-electron chi connectivity index (χ1n) is 3.60. The summed E-state index contributed by atoms with van der Waals surface area (Å²) in [5, 5.41) is 11.1. The van der Waals surface area contributed by atoms with Crippen LogP contribution in [0.25, 0.3) is 0 Å². The van der Waals surface area contributed by atoms with E-state index in [1.54, 1.807) is 17.4 Å². The molecule has 10 heavy (non-hydrogen) atoms. The summed E-state index contributed by atoms with van der Waals surface area (Å²) in [6, 6.07) is 1.76. The number of aryl methyl sites for hydroxylation is 1. The molecule has 0 spiro atoms. The fourth-order valence-electron chi connectivity index (χ4n) is 0.858. The van der Waals surface area contributed by atoms with Crippen LogP contribution in [-0.2, 0) is 6.42 Å². The van der Waals surface area contributed by atoms with Gasteiger partial charge in [0.1, 0.15) is 5.75 Å². The number of aromatic hydroxyl groups is 1. The first-order chi connectivity index (χ1) is 4.84. The fourth-order valence-corrected chi connectivity index (χ4v) is 1.67. The Bertz CT molecular complexity index is 193. The molecule has 0 aromatic carbocycles. The van der Waals surface area contributed by atoms with Gasteiger partial charge in [-0.3, -0.25) is 0 Å². The zero-order chi connectivity index (χ0) is 7.40. The molecule has 1 aromatic heterocycles. The summed E-state index contributed by atoms with van der Waals surface area (Å²) in [4.78, 5) is 1.13. The van der Waals surface area contributed by atoms with Gasteiger partial charge >= 0.3 is 0 Å². The quantitative estimate of drug-likeness (QED) is 0.713. The Morgan fingerprint density at radius 3 is 2.90 bits per heavy atom. The van der Waals surface area contributed by atoms with Crippen molar-refractivity contribution in [2.75, 3.05) is 0 Å². The highest BCUT2D eigenvalue weighted by atomic mass is 32.1. The van der Waals surface area contributed by atoms with E-state index >= 15 is 0 Å². The molecule has 0 aliphatic rings. The van der Waals surface area contributed by atoms with Crippen molar-refractivity contribution in [2.24, 2.45) is 0 Å². The molecule has 1 nitrogen and oxygen atoms in total. The monoisotopic (exact) mass is 156 g/mol. The van der Waals surface area contributed by atoms with E-state index in [4.69, 9.17) is 0 Å². The summed E-state index contributed by atoms with van der Waals surface area (Å²) >= 11 is 1.64. The lowest BCUT2D eigenvalue weighted by Crippen LogP contribution is -1.77. The molecule has 0 aliphatic heterocycles. The highest BCUT2D eigenvalue weighted by Crippen LogP contribution is 2.24. The van der Waals surface area contributed by atoms with Gasteiger partial charge in [0, 0.05) is 4.88 Å². The van der Waals surface area contributed by atoms with E-state index in [-0.39, 0.29) is 0 Å². The van der Waals surface area contributed by atoms with Gasteiger partial charge in [0.15, 0.2) is 0 Å².